The van der Waals surface area contributed by atoms with Gasteiger partial charge < -0.3 is 5.32 Å². The Labute approximate surface area is 109 Å². The molecule has 8 heteroatoms. The van der Waals surface area contributed by atoms with Crippen LogP contribution >= 0.6 is 0 Å². The molecule has 0 spiro atoms. The van der Waals surface area contributed by atoms with Gasteiger partial charge in [0.05, 0.1) is 22.1 Å². The fraction of sp³-hybridized carbons (Fsp3) is 0.455. The first-order valence-corrected chi connectivity index (χ1v) is 7.60. The molecule has 1 fully saturated rings. The Hall–Kier alpha value is -1.70. The van der Waals surface area contributed by atoms with Crippen molar-refractivity contribution in [3.8, 4) is 0 Å². The highest BCUT2D eigenvalue weighted by Gasteiger charge is 2.25. The van der Waals surface area contributed by atoms with Gasteiger partial charge in [-0.05, 0) is 18.9 Å². The number of nitro benzene ring substituents is 1. The molecule has 0 aliphatic carbocycles. The molecule has 1 aliphatic heterocycles. The first-order valence-electron chi connectivity index (χ1n) is 5.78. The average molecular weight is 288 g/mol. The van der Waals surface area contributed by atoms with Gasteiger partial charge in [-0.3, -0.25) is 10.1 Å². The van der Waals surface area contributed by atoms with E-state index >= 15 is 0 Å². The molecule has 0 aromatic heterocycles. The molecule has 1 aromatic carbocycles. The summed E-state index contributed by atoms with van der Waals surface area (Å²) < 4.78 is 36.5. The molecule has 104 valence electrons. The van der Waals surface area contributed by atoms with Gasteiger partial charge in [0.2, 0.25) is 0 Å². The first kappa shape index (κ1) is 13.7. The van der Waals surface area contributed by atoms with Crippen LogP contribution in [0.2, 0.25) is 0 Å². The van der Waals surface area contributed by atoms with Crippen LogP contribution in [0.15, 0.2) is 18.2 Å². The average Bonchev–Trinajstić information content (AvgIpc) is 2.30. The quantitative estimate of drug-likeness (QED) is 0.675. The van der Waals surface area contributed by atoms with Gasteiger partial charge in [0, 0.05) is 18.2 Å². The van der Waals surface area contributed by atoms with E-state index in [2.05, 4.69) is 5.32 Å². The number of non-ortho nitro benzene ring substituents is 1. The number of nitro groups is 1. The monoisotopic (exact) mass is 288 g/mol. The van der Waals surface area contributed by atoms with Crippen LogP contribution in [0.5, 0.6) is 0 Å². The maximum absolute atomic E-state index is 13.5. The van der Waals surface area contributed by atoms with E-state index in [1.54, 1.807) is 0 Å². The normalized spacial score (nSPS) is 21.8. The summed E-state index contributed by atoms with van der Waals surface area (Å²) in [6.45, 7) is 0. The van der Waals surface area contributed by atoms with E-state index in [0.717, 1.165) is 18.2 Å². The maximum Gasteiger partial charge on any atom is 0.271 e. The van der Waals surface area contributed by atoms with Crippen molar-refractivity contribution in [3.05, 3.63) is 34.1 Å². The zero-order valence-electron chi connectivity index (χ0n) is 10.0. The minimum Gasteiger partial charge on any atom is -0.379 e. The van der Waals surface area contributed by atoms with E-state index < -0.39 is 26.6 Å². The molecule has 2 rings (SSSR count). The maximum atomic E-state index is 13.5. The van der Waals surface area contributed by atoms with Crippen molar-refractivity contribution in [2.24, 2.45) is 0 Å². The van der Waals surface area contributed by atoms with E-state index in [4.69, 9.17) is 0 Å². The van der Waals surface area contributed by atoms with E-state index in [-0.39, 0.29) is 22.9 Å². The summed E-state index contributed by atoms with van der Waals surface area (Å²) in [5.41, 5.74) is -0.265. The molecule has 1 saturated heterocycles. The van der Waals surface area contributed by atoms with Gasteiger partial charge in [0.1, 0.15) is 5.82 Å². The number of anilines is 1. The minimum absolute atomic E-state index is 0.0312. The molecule has 19 heavy (non-hydrogen) atoms. The van der Waals surface area contributed by atoms with Gasteiger partial charge in [-0.2, -0.15) is 0 Å². The van der Waals surface area contributed by atoms with Crippen LogP contribution in [0.25, 0.3) is 0 Å². The molecule has 6 nitrogen and oxygen atoms in total. The van der Waals surface area contributed by atoms with E-state index in [9.17, 15) is 22.9 Å². The topological polar surface area (TPSA) is 89.3 Å². The molecule has 0 saturated carbocycles. The molecule has 1 aliphatic rings. The lowest BCUT2D eigenvalue weighted by atomic mass is 10.1. The number of rotatable bonds is 3. The van der Waals surface area contributed by atoms with Crippen LogP contribution in [-0.2, 0) is 9.84 Å². The number of sulfone groups is 1. The van der Waals surface area contributed by atoms with Gasteiger partial charge in [-0.25, -0.2) is 12.8 Å². The summed E-state index contributed by atoms with van der Waals surface area (Å²) in [5, 5.41) is 13.4. The predicted molar refractivity (Wildman–Crippen MR) is 68.4 cm³/mol. The molecule has 0 radical (unpaired) electrons. The molecular formula is C11H13FN2O4S. The number of halogens is 1. The van der Waals surface area contributed by atoms with Crippen molar-refractivity contribution in [1.82, 2.24) is 0 Å². The van der Waals surface area contributed by atoms with Gasteiger partial charge in [-0.1, -0.05) is 0 Å². The Balaban J connectivity index is 2.18. The van der Waals surface area contributed by atoms with Crippen molar-refractivity contribution in [1.29, 1.82) is 0 Å². The summed E-state index contributed by atoms with van der Waals surface area (Å²) in [5.74, 6) is -0.564. The fourth-order valence-electron chi connectivity index (χ4n) is 2.09. The number of nitrogens with zero attached hydrogens (tertiary/aromatic N) is 1. The van der Waals surface area contributed by atoms with Crippen molar-refractivity contribution in [2.45, 2.75) is 18.9 Å². The highest BCUT2D eigenvalue weighted by molar-refractivity contribution is 7.91. The van der Waals surface area contributed by atoms with Crippen LogP contribution in [0.1, 0.15) is 12.8 Å². The van der Waals surface area contributed by atoms with Crippen LogP contribution in [-0.4, -0.2) is 30.9 Å². The SMILES string of the molecule is O=[N+]([O-])c1ccc(F)c(NC2CCCS(=O)(=O)C2)c1. The summed E-state index contributed by atoms with van der Waals surface area (Å²) >= 11 is 0. The zero-order chi connectivity index (χ0) is 14.0. The number of hydrogen-bond donors (Lipinski definition) is 1. The summed E-state index contributed by atoms with van der Waals surface area (Å²) in [6, 6.07) is 2.74. The lowest BCUT2D eigenvalue weighted by Gasteiger charge is -2.24. The van der Waals surface area contributed by atoms with Crippen molar-refractivity contribution in [3.63, 3.8) is 0 Å². The van der Waals surface area contributed by atoms with Crippen molar-refractivity contribution >= 4 is 21.2 Å². The molecule has 1 heterocycles. The van der Waals surface area contributed by atoms with Crippen molar-refractivity contribution < 1.29 is 17.7 Å². The van der Waals surface area contributed by atoms with Crippen LogP contribution in [0, 0.1) is 15.9 Å². The summed E-state index contributed by atoms with van der Waals surface area (Å²) in [6.07, 6.45) is 1.11. The molecule has 1 aromatic rings. The lowest BCUT2D eigenvalue weighted by Crippen LogP contribution is -2.35. The highest BCUT2D eigenvalue weighted by Crippen LogP contribution is 2.24. The molecular weight excluding hydrogens is 275 g/mol. The van der Waals surface area contributed by atoms with Crippen LogP contribution in [0.3, 0.4) is 0 Å². The number of benzene rings is 1. The number of hydrogen-bond acceptors (Lipinski definition) is 5. The predicted octanol–water partition coefficient (Wildman–Crippen LogP) is 1.72. The first-order chi connectivity index (χ1) is 8.87. The van der Waals surface area contributed by atoms with Gasteiger partial charge >= 0.3 is 0 Å². The zero-order valence-corrected chi connectivity index (χ0v) is 10.8. The third kappa shape index (κ3) is 3.40. The molecule has 1 atom stereocenters. The van der Waals surface area contributed by atoms with Gasteiger partial charge in [0.15, 0.2) is 9.84 Å². The molecule has 1 unspecified atom stereocenters. The smallest absolute Gasteiger partial charge is 0.271 e. The van der Waals surface area contributed by atoms with Gasteiger partial charge in [0.25, 0.3) is 5.69 Å². The Kier molecular flexibility index (Phi) is 3.70. The van der Waals surface area contributed by atoms with E-state index in [1.807, 2.05) is 0 Å². The number of nitrogens with one attached hydrogen (secondary N) is 1. The minimum atomic E-state index is -3.11. The summed E-state index contributed by atoms with van der Waals surface area (Å²) in [4.78, 5) is 10.00. The standard InChI is InChI=1S/C11H13FN2O4S/c12-10-4-3-9(14(15)16)6-11(10)13-8-2-1-5-19(17,18)7-8/h3-4,6,8,13H,1-2,5,7H2. The third-order valence-corrected chi connectivity index (χ3v) is 4.80. The second kappa shape index (κ2) is 5.12. The Morgan fingerprint density at radius 1 is 1.42 bits per heavy atom. The van der Waals surface area contributed by atoms with Crippen molar-refractivity contribution in [2.75, 3.05) is 16.8 Å². The molecule has 0 bridgehead atoms. The van der Waals surface area contributed by atoms with E-state index in [1.165, 1.54) is 0 Å². The fourth-order valence-corrected chi connectivity index (χ4v) is 3.73. The Morgan fingerprint density at radius 3 is 2.79 bits per heavy atom. The van der Waals surface area contributed by atoms with Crippen LogP contribution in [0.4, 0.5) is 15.8 Å². The Bertz CT molecular complexity index is 603. The lowest BCUT2D eigenvalue weighted by molar-refractivity contribution is -0.384. The second-order valence-electron chi connectivity index (χ2n) is 4.52. The summed E-state index contributed by atoms with van der Waals surface area (Å²) in [7, 11) is -3.11. The Morgan fingerprint density at radius 2 is 2.16 bits per heavy atom. The van der Waals surface area contributed by atoms with Crippen LogP contribution < -0.4 is 5.32 Å². The molecule has 1 N–H and O–H groups in total. The third-order valence-electron chi connectivity index (χ3n) is 2.98. The highest BCUT2D eigenvalue weighted by atomic mass is 32.2. The molecule has 0 amide bonds. The van der Waals surface area contributed by atoms with Gasteiger partial charge in [-0.15, -0.1) is 0 Å². The largest absolute Gasteiger partial charge is 0.379 e. The van der Waals surface area contributed by atoms with E-state index in [0.29, 0.717) is 12.8 Å². The second-order valence-corrected chi connectivity index (χ2v) is 6.75.